The first-order chi connectivity index (χ1) is 19.8. The molecule has 0 saturated heterocycles. The van der Waals surface area contributed by atoms with E-state index < -0.39 is 0 Å². The Labute approximate surface area is 232 Å². The third-order valence-electron chi connectivity index (χ3n) is 8.11. The number of benzene rings is 6. The Hall–Kier alpha value is -5.28. The molecule has 0 aliphatic heterocycles. The number of hydrogen-bond acceptors (Lipinski definition) is 1. The van der Waals surface area contributed by atoms with Crippen molar-refractivity contribution in [1.82, 2.24) is 9.13 Å². The largest absolute Gasteiger partial charge is 0.344 e. The summed E-state index contributed by atoms with van der Waals surface area (Å²) in [4.78, 5) is 2.33. The first-order valence-corrected chi connectivity index (χ1v) is 13.7. The lowest BCUT2D eigenvalue weighted by molar-refractivity contribution is 1.17. The fourth-order valence-corrected chi connectivity index (χ4v) is 6.30. The fourth-order valence-electron chi connectivity index (χ4n) is 6.30. The standard InChI is InChI=1S/C37H27N3/c1-38(28-23-24-34-31(25-28)29-17-8-10-19-32(29)39(34)26-13-4-2-5-14-26)35-21-12-22-36-37(35)30-18-9-11-20-33(30)40(36)27-15-6-3-7-16-27/h2-25H,1H3. The molecule has 190 valence electrons. The van der Waals surface area contributed by atoms with Gasteiger partial charge >= 0.3 is 0 Å². The van der Waals surface area contributed by atoms with Crippen LogP contribution < -0.4 is 4.90 Å². The summed E-state index contributed by atoms with van der Waals surface area (Å²) in [5.74, 6) is 0. The first-order valence-electron chi connectivity index (χ1n) is 13.7. The van der Waals surface area contributed by atoms with Crippen molar-refractivity contribution in [2.24, 2.45) is 0 Å². The van der Waals surface area contributed by atoms with Gasteiger partial charge in [0.2, 0.25) is 0 Å². The summed E-state index contributed by atoms with van der Waals surface area (Å²) in [6.07, 6.45) is 0. The van der Waals surface area contributed by atoms with Crippen molar-refractivity contribution in [3.8, 4) is 11.4 Å². The van der Waals surface area contributed by atoms with Gasteiger partial charge in [-0.1, -0.05) is 78.9 Å². The summed E-state index contributed by atoms with van der Waals surface area (Å²) >= 11 is 0. The van der Waals surface area contributed by atoms with Gasteiger partial charge in [0, 0.05) is 45.7 Å². The van der Waals surface area contributed by atoms with Crippen molar-refractivity contribution in [1.29, 1.82) is 0 Å². The maximum absolute atomic E-state index is 2.37. The number of para-hydroxylation sites is 4. The van der Waals surface area contributed by atoms with Crippen LogP contribution in [0, 0.1) is 0 Å². The van der Waals surface area contributed by atoms with Crippen LogP contribution in [-0.2, 0) is 0 Å². The second-order valence-corrected chi connectivity index (χ2v) is 10.3. The van der Waals surface area contributed by atoms with Crippen LogP contribution in [0.5, 0.6) is 0 Å². The molecule has 0 amide bonds. The van der Waals surface area contributed by atoms with E-state index in [1.165, 1.54) is 60.7 Å². The molecular formula is C37H27N3. The van der Waals surface area contributed by atoms with Gasteiger partial charge in [0.1, 0.15) is 0 Å². The summed E-state index contributed by atoms with van der Waals surface area (Å²) in [5, 5.41) is 5.03. The van der Waals surface area contributed by atoms with Crippen LogP contribution in [0.2, 0.25) is 0 Å². The molecule has 2 heterocycles. The number of anilines is 2. The van der Waals surface area contributed by atoms with Crippen LogP contribution in [0.25, 0.3) is 55.0 Å². The molecule has 0 N–H and O–H groups in total. The van der Waals surface area contributed by atoms with Crippen LogP contribution in [0.15, 0.2) is 146 Å². The van der Waals surface area contributed by atoms with Crippen LogP contribution >= 0.6 is 0 Å². The second kappa shape index (κ2) is 8.89. The fraction of sp³-hybridized carbons (Fsp3) is 0.0270. The van der Waals surface area contributed by atoms with Gasteiger partial charge in [-0.15, -0.1) is 0 Å². The number of fused-ring (bicyclic) bond motifs is 6. The van der Waals surface area contributed by atoms with Crippen molar-refractivity contribution >= 4 is 55.0 Å². The van der Waals surface area contributed by atoms with Crippen molar-refractivity contribution < 1.29 is 0 Å². The van der Waals surface area contributed by atoms with Crippen LogP contribution in [0.3, 0.4) is 0 Å². The number of nitrogens with zero attached hydrogens (tertiary/aromatic N) is 3. The lowest BCUT2D eigenvalue weighted by atomic mass is 10.1. The molecule has 6 aromatic carbocycles. The molecule has 40 heavy (non-hydrogen) atoms. The van der Waals surface area contributed by atoms with E-state index in [-0.39, 0.29) is 0 Å². The Kier molecular flexibility index (Phi) is 5.04. The van der Waals surface area contributed by atoms with Gasteiger partial charge in [-0.3, -0.25) is 0 Å². The van der Waals surface area contributed by atoms with Gasteiger partial charge in [-0.25, -0.2) is 0 Å². The van der Waals surface area contributed by atoms with Gasteiger partial charge in [0.05, 0.1) is 27.8 Å². The first kappa shape index (κ1) is 22.7. The molecule has 0 radical (unpaired) electrons. The highest BCUT2D eigenvalue weighted by atomic mass is 15.1. The molecule has 3 nitrogen and oxygen atoms in total. The van der Waals surface area contributed by atoms with E-state index in [9.17, 15) is 0 Å². The highest BCUT2D eigenvalue weighted by Gasteiger charge is 2.19. The van der Waals surface area contributed by atoms with E-state index in [1.807, 2.05) is 0 Å². The lowest BCUT2D eigenvalue weighted by Gasteiger charge is -2.21. The Morgan fingerprint density at radius 3 is 1.65 bits per heavy atom. The normalized spacial score (nSPS) is 11.6. The third-order valence-corrected chi connectivity index (χ3v) is 8.11. The predicted octanol–water partition coefficient (Wildman–Crippen LogP) is 9.65. The van der Waals surface area contributed by atoms with Crippen molar-refractivity contribution in [2.75, 3.05) is 11.9 Å². The highest BCUT2D eigenvalue weighted by molar-refractivity contribution is 6.16. The second-order valence-electron chi connectivity index (χ2n) is 10.3. The topological polar surface area (TPSA) is 13.1 Å². The Balaban J connectivity index is 1.35. The summed E-state index contributed by atoms with van der Waals surface area (Å²) in [6, 6.07) is 52.2. The SMILES string of the molecule is CN(c1ccc2c(c1)c1ccccc1n2-c1ccccc1)c1cccc2c1c1ccccc1n2-c1ccccc1. The molecule has 0 unspecified atom stereocenters. The highest BCUT2D eigenvalue weighted by Crippen LogP contribution is 2.41. The molecule has 2 aromatic heterocycles. The maximum Gasteiger partial charge on any atom is 0.0562 e. The summed E-state index contributed by atoms with van der Waals surface area (Å²) in [5.41, 5.74) is 9.54. The average Bonchev–Trinajstić information content (AvgIpc) is 3.54. The van der Waals surface area contributed by atoms with E-state index >= 15 is 0 Å². The van der Waals surface area contributed by atoms with Gasteiger partial charge in [-0.2, -0.15) is 0 Å². The lowest BCUT2D eigenvalue weighted by Crippen LogP contribution is -2.09. The van der Waals surface area contributed by atoms with Gasteiger partial charge < -0.3 is 14.0 Å². The van der Waals surface area contributed by atoms with Gasteiger partial charge in [0.15, 0.2) is 0 Å². The summed E-state index contributed by atoms with van der Waals surface area (Å²) < 4.78 is 4.74. The molecule has 0 spiro atoms. The molecule has 3 heteroatoms. The molecule has 0 saturated carbocycles. The molecule has 8 rings (SSSR count). The third kappa shape index (κ3) is 3.31. The summed E-state index contributed by atoms with van der Waals surface area (Å²) in [6.45, 7) is 0. The number of hydrogen-bond donors (Lipinski definition) is 0. The van der Waals surface area contributed by atoms with E-state index in [2.05, 4.69) is 167 Å². The maximum atomic E-state index is 2.37. The molecular weight excluding hydrogens is 486 g/mol. The number of aromatic nitrogens is 2. The van der Waals surface area contributed by atoms with E-state index in [0.717, 1.165) is 5.69 Å². The minimum Gasteiger partial charge on any atom is -0.344 e. The molecule has 0 atom stereocenters. The molecule has 0 aliphatic carbocycles. The van der Waals surface area contributed by atoms with Crippen LogP contribution in [-0.4, -0.2) is 16.2 Å². The average molecular weight is 514 g/mol. The van der Waals surface area contributed by atoms with Gasteiger partial charge in [0.25, 0.3) is 0 Å². The quantitative estimate of drug-likeness (QED) is 0.228. The van der Waals surface area contributed by atoms with Crippen molar-refractivity contribution in [3.05, 3.63) is 146 Å². The zero-order valence-electron chi connectivity index (χ0n) is 22.2. The minimum atomic E-state index is 1.16. The zero-order chi connectivity index (χ0) is 26.6. The Morgan fingerprint density at radius 2 is 0.950 bits per heavy atom. The van der Waals surface area contributed by atoms with E-state index in [1.54, 1.807) is 0 Å². The predicted molar refractivity (Wildman–Crippen MR) is 170 cm³/mol. The summed E-state index contributed by atoms with van der Waals surface area (Å²) in [7, 11) is 2.18. The van der Waals surface area contributed by atoms with Crippen molar-refractivity contribution in [2.45, 2.75) is 0 Å². The molecule has 0 aliphatic rings. The van der Waals surface area contributed by atoms with Crippen LogP contribution in [0.1, 0.15) is 0 Å². The smallest absolute Gasteiger partial charge is 0.0562 e. The molecule has 8 aromatic rings. The molecule has 0 bridgehead atoms. The Morgan fingerprint density at radius 1 is 0.425 bits per heavy atom. The zero-order valence-corrected chi connectivity index (χ0v) is 22.2. The van der Waals surface area contributed by atoms with Crippen LogP contribution in [0.4, 0.5) is 11.4 Å². The number of rotatable bonds is 4. The van der Waals surface area contributed by atoms with Gasteiger partial charge in [-0.05, 0) is 66.7 Å². The van der Waals surface area contributed by atoms with E-state index in [0.29, 0.717) is 0 Å². The molecule has 0 fully saturated rings. The monoisotopic (exact) mass is 513 g/mol. The van der Waals surface area contributed by atoms with Crippen molar-refractivity contribution in [3.63, 3.8) is 0 Å². The minimum absolute atomic E-state index is 1.16. The Bertz CT molecular complexity index is 2170. The van der Waals surface area contributed by atoms with E-state index in [4.69, 9.17) is 0 Å².